The maximum atomic E-state index is 11.1. The van der Waals surface area contributed by atoms with Crippen molar-refractivity contribution in [1.29, 1.82) is 0 Å². The van der Waals surface area contributed by atoms with Crippen molar-refractivity contribution in [3.8, 4) is 0 Å². The molecule has 0 amide bonds. The van der Waals surface area contributed by atoms with Crippen LogP contribution in [0.5, 0.6) is 0 Å². The monoisotopic (exact) mass is 306 g/mol. The summed E-state index contributed by atoms with van der Waals surface area (Å²) in [6, 6.07) is 0. The van der Waals surface area contributed by atoms with Gasteiger partial charge in [0.1, 0.15) is 0 Å². The molecule has 0 aromatic rings. The van der Waals surface area contributed by atoms with Gasteiger partial charge >= 0.3 is 0 Å². The molecule has 126 valence electrons. The molecule has 22 heavy (non-hydrogen) atoms. The summed E-state index contributed by atoms with van der Waals surface area (Å²) in [6.45, 7) is 7.72. The van der Waals surface area contributed by atoms with Crippen molar-refractivity contribution in [2.45, 2.75) is 78.2 Å². The summed E-state index contributed by atoms with van der Waals surface area (Å²) in [5.74, 6) is 2.23. The summed E-state index contributed by atoms with van der Waals surface area (Å²) in [4.78, 5) is 0. The smallest absolute Gasteiger partial charge is 0.0651 e. The van der Waals surface area contributed by atoms with E-state index in [9.17, 15) is 10.2 Å². The Morgan fingerprint density at radius 1 is 0.955 bits per heavy atom. The van der Waals surface area contributed by atoms with Crippen LogP contribution < -0.4 is 0 Å². The van der Waals surface area contributed by atoms with Gasteiger partial charge in [0.25, 0.3) is 0 Å². The lowest BCUT2D eigenvalue weighted by Crippen LogP contribution is -2.66. The van der Waals surface area contributed by atoms with Gasteiger partial charge in [0.2, 0.25) is 0 Å². The Kier molecular flexibility index (Phi) is 3.32. The Morgan fingerprint density at radius 3 is 2.41 bits per heavy atom. The highest BCUT2D eigenvalue weighted by atomic mass is 16.3. The second-order valence-corrected chi connectivity index (χ2v) is 10.1. The molecular weight excluding hydrogens is 272 g/mol. The van der Waals surface area contributed by atoms with Crippen LogP contribution in [0.3, 0.4) is 0 Å². The average molecular weight is 306 g/mol. The van der Waals surface area contributed by atoms with Gasteiger partial charge in [0.15, 0.2) is 0 Å². The van der Waals surface area contributed by atoms with Crippen molar-refractivity contribution in [2.75, 3.05) is 6.61 Å². The molecule has 5 saturated carbocycles. The van der Waals surface area contributed by atoms with E-state index < -0.39 is 0 Å². The minimum Gasteiger partial charge on any atom is -0.396 e. The molecule has 2 nitrogen and oxygen atoms in total. The number of fused-ring (bicyclic) bond motifs is 3. The number of rotatable bonds is 1. The summed E-state index contributed by atoms with van der Waals surface area (Å²) < 4.78 is 0. The molecule has 1 spiro atoms. The van der Waals surface area contributed by atoms with Crippen LogP contribution in [0.15, 0.2) is 0 Å². The summed E-state index contributed by atoms with van der Waals surface area (Å²) in [6.07, 6.45) is 10.0. The largest absolute Gasteiger partial charge is 0.396 e. The molecule has 2 N–H and O–H groups in total. The summed E-state index contributed by atoms with van der Waals surface area (Å²) in [5, 5.41) is 20.9. The van der Waals surface area contributed by atoms with Gasteiger partial charge in [-0.2, -0.15) is 0 Å². The molecule has 0 aromatic carbocycles. The Bertz CT molecular complexity index is 459. The van der Waals surface area contributed by atoms with Crippen LogP contribution in [0.2, 0.25) is 0 Å². The van der Waals surface area contributed by atoms with Crippen LogP contribution in [0.4, 0.5) is 0 Å². The molecule has 0 heterocycles. The van der Waals surface area contributed by atoms with Crippen LogP contribution in [0, 0.1) is 39.9 Å². The fourth-order valence-electron chi connectivity index (χ4n) is 8.05. The highest BCUT2D eigenvalue weighted by Gasteiger charge is 2.66. The van der Waals surface area contributed by atoms with Gasteiger partial charge in [-0.1, -0.05) is 27.2 Å². The van der Waals surface area contributed by atoms with Crippen LogP contribution >= 0.6 is 0 Å². The fourth-order valence-corrected chi connectivity index (χ4v) is 8.05. The van der Waals surface area contributed by atoms with Crippen LogP contribution in [-0.2, 0) is 0 Å². The Balaban J connectivity index is 1.74. The van der Waals surface area contributed by atoms with E-state index in [-0.39, 0.29) is 24.0 Å². The Labute approximate surface area is 135 Å². The van der Waals surface area contributed by atoms with Crippen molar-refractivity contribution in [2.24, 2.45) is 39.9 Å². The van der Waals surface area contributed by atoms with Crippen LogP contribution in [0.1, 0.15) is 72.1 Å². The summed E-state index contributed by atoms with van der Waals surface area (Å²) in [5.41, 5.74) is 1.01. The zero-order valence-electron chi connectivity index (χ0n) is 14.6. The van der Waals surface area contributed by atoms with Gasteiger partial charge in [-0.3, -0.25) is 0 Å². The second-order valence-electron chi connectivity index (χ2n) is 10.1. The first-order valence-electron chi connectivity index (χ1n) is 9.64. The van der Waals surface area contributed by atoms with Crippen LogP contribution in [-0.4, -0.2) is 22.9 Å². The van der Waals surface area contributed by atoms with E-state index in [4.69, 9.17) is 0 Å². The molecule has 2 heteroatoms. The zero-order valence-corrected chi connectivity index (χ0v) is 14.6. The maximum absolute atomic E-state index is 11.1. The minimum absolute atomic E-state index is 0.126. The van der Waals surface area contributed by atoms with Gasteiger partial charge in [0.05, 0.1) is 6.10 Å². The number of aliphatic hydroxyl groups excluding tert-OH is 2. The fraction of sp³-hybridized carbons (Fsp3) is 1.00. The van der Waals surface area contributed by atoms with E-state index in [2.05, 4.69) is 20.8 Å². The molecule has 5 aliphatic rings. The van der Waals surface area contributed by atoms with E-state index in [0.717, 1.165) is 5.92 Å². The number of hydrogen-bond donors (Lipinski definition) is 2. The summed E-state index contributed by atoms with van der Waals surface area (Å²) in [7, 11) is 0. The zero-order chi connectivity index (χ0) is 15.8. The third-order valence-electron chi connectivity index (χ3n) is 8.99. The van der Waals surface area contributed by atoms with Gasteiger partial charge in [-0.05, 0) is 73.5 Å². The molecule has 0 unspecified atom stereocenters. The van der Waals surface area contributed by atoms with Crippen molar-refractivity contribution in [3.05, 3.63) is 0 Å². The minimum atomic E-state index is -0.252. The molecular formula is C20H34O2. The van der Waals surface area contributed by atoms with Crippen molar-refractivity contribution >= 4 is 0 Å². The van der Waals surface area contributed by atoms with E-state index in [0.29, 0.717) is 22.7 Å². The lowest BCUT2D eigenvalue weighted by atomic mass is 9.36. The lowest BCUT2D eigenvalue weighted by molar-refractivity contribution is -0.246. The Morgan fingerprint density at radius 2 is 1.68 bits per heavy atom. The van der Waals surface area contributed by atoms with Crippen molar-refractivity contribution in [1.82, 2.24) is 0 Å². The number of hydrogen-bond acceptors (Lipinski definition) is 2. The number of aliphatic hydroxyl groups is 2. The van der Waals surface area contributed by atoms with Gasteiger partial charge in [-0.25, -0.2) is 0 Å². The molecule has 2 bridgehead atoms. The maximum Gasteiger partial charge on any atom is 0.0651 e. The van der Waals surface area contributed by atoms with E-state index in [1.165, 1.54) is 51.4 Å². The Hall–Kier alpha value is -0.0800. The molecule has 0 radical (unpaired) electrons. The molecule has 5 fully saturated rings. The molecule has 0 aromatic heterocycles. The molecule has 5 rings (SSSR count). The SMILES string of the molecule is CC1(C)CCC[C@]2(C)[C@@H]1CC[C@@]13CC[C@H](C[C@@H]21)[C@H](CO)[C@H]3O. The highest BCUT2D eigenvalue weighted by molar-refractivity contribution is 5.15. The average Bonchev–Trinajstić information content (AvgIpc) is 2.47. The van der Waals surface area contributed by atoms with E-state index in [1.54, 1.807) is 0 Å². The van der Waals surface area contributed by atoms with Crippen molar-refractivity contribution < 1.29 is 10.2 Å². The van der Waals surface area contributed by atoms with Gasteiger partial charge in [-0.15, -0.1) is 0 Å². The van der Waals surface area contributed by atoms with Gasteiger partial charge < -0.3 is 10.2 Å². The molecule has 0 aliphatic heterocycles. The van der Waals surface area contributed by atoms with Crippen molar-refractivity contribution in [3.63, 3.8) is 0 Å². The topological polar surface area (TPSA) is 40.5 Å². The predicted molar refractivity (Wildman–Crippen MR) is 88.3 cm³/mol. The third-order valence-corrected chi connectivity index (χ3v) is 8.99. The normalized spacial score (nSPS) is 56.3. The standard InChI is InChI=1S/C20H34O2/c1-18(2)7-4-8-19(3)15(18)6-10-20-9-5-13(11-16(19)20)14(12-21)17(20)22/h13-17,21-22H,4-12H2,1-3H3/t13-,14+,15-,16+,17-,19-,20+/m1/s1. The predicted octanol–water partition coefficient (Wildman–Crippen LogP) is 4.00. The molecule has 5 aliphatic carbocycles. The highest BCUT2D eigenvalue weighted by Crippen LogP contribution is 2.72. The van der Waals surface area contributed by atoms with Crippen LogP contribution in [0.25, 0.3) is 0 Å². The molecule has 7 atom stereocenters. The second kappa shape index (κ2) is 4.72. The lowest BCUT2D eigenvalue weighted by Gasteiger charge is -2.70. The quantitative estimate of drug-likeness (QED) is 0.769. The van der Waals surface area contributed by atoms with E-state index >= 15 is 0 Å². The first-order valence-corrected chi connectivity index (χ1v) is 9.64. The summed E-state index contributed by atoms with van der Waals surface area (Å²) >= 11 is 0. The first-order chi connectivity index (χ1) is 10.3. The third kappa shape index (κ3) is 1.75. The molecule has 0 saturated heterocycles. The van der Waals surface area contributed by atoms with Gasteiger partial charge in [0, 0.05) is 17.9 Å². The van der Waals surface area contributed by atoms with E-state index in [1.807, 2.05) is 0 Å². The first kappa shape index (κ1) is 15.4.